The average molecular weight is 375 g/mol. The summed E-state index contributed by atoms with van der Waals surface area (Å²) in [6.07, 6.45) is 1.10. The molecular formula is C19H25N3O3S. The second kappa shape index (κ2) is 8.71. The lowest BCUT2D eigenvalue weighted by atomic mass is 10.2. The molecule has 0 aliphatic carbocycles. The van der Waals surface area contributed by atoms with Crippen LogP contribution in [0.2, 0.25) is 0 Å². The number of nitrogens with zero attached hydrogens (tertiary/aromatic N) is 2. The molecule has 2 aromatic carbocycles. The molecule has 2 aromatic rings. The molecule has 140 valence electrons. The van der Waals surface area contributed by atoms with E-state index in [1.165, 1.54) is 0 Å². The van der Waals surface area contributed by atoms with Crippen LogP contribution < -0.4 is 14.5 Å². The van der Waals surface area contributed by atoms with Crippen LogP contribution in [0.1, 0.15) is 13.8 Å². The Morgan fingerprint density at radius 1 is 0.923 bits per heavy atom. The van der Waals surface area contributed by atoms with Gasteiger partial charge in [-0.1, -0.05) is 18.2 Å². The molecule has 0 heterocycles. The molecule has 0 aliphatic rings. The third-order valence-corrected chi connectivity index (χ3v) is 5.15. The summed E-state index contributed by atoms with van der Waals surface area (Å²) in [5.41, 5.74) is 2.11. The fraction of sp³-hybridized carbons (Fsp3) is 0.316. The van der Waals surface area contributed by atoms with Gasteiger partial charge in [-0.25, -0.2) is 8.42 Å². The number of benzene rings is 2. The second-order valence-corrected chi connectivity index (χ2v) is 7.78. The van der Waals surface area contributed by atoms with Crippen LogP contribution in [0.5, 0.6) is 0 Å². The van der Waals surface area contributed by atoms with Gasteiger partial charge in [0.05, 0.1) is 11.9 Å². The molecule has 2 rings (SSSR count). The molecule has 0 bridgehead atoms. The van der Waals surface area contributed by atoms with Crippen molar-refractivity contribution in [3.8, 4) is 0 Å². The number of amides is 1. The van der Waals surface area contributed by atoms with Gasteiger partial charge in [0.2, 0.25) is 15.9 Å². The molecule has 0 radical (unpaired) electrons. The van der Waals surface area contributed by atoms with Gasteiger partial charge in [0.1, 0.15) is 6.54 Å². The minimum Gasteiger partial charge on any atom is -0.372 e. The van der Waals surface area contributed by atoms with Crippen LogP contribution in [0.25, 0.3) is 0 Å². The molecule has 0 atom stereocenters. The van der Waals surface area contributed by atoms with Crippen LogP contribution in [0.15, 0.2) is 54.6 Å². The largest absolute Gasteiger partial charge is 0.372 e. The minimum absolute atomic E-state index is 0.279. The maximum atomic E-state index is 12.3. The summed E-state index contributed by atoms with van der Waals surface area (Å²) >= 11 is 0. The molecule has 7 heteroatoms. The van der Waals surface area contributed by atoms with Crippen molar-refractivity contribution in [2.45, 2.75) is 13.8 Å². The summed E-state index contributed by atoms with van der Waals surface area (Å²) in [5.74, 6) is -0.394. The summed E-state index contributed by atoms with van der Waals surface area (Å²) in [4.78, 5) is 14.4. The third-order valence-electron chi connectivity index (χ3n) is 4.01. The highest BCUT2D eigenvalue weighted by Crippen LogP contribution is 2.22. The first-order valence-electron chi connectivity index (χ1n) is 8.52. The van der Waals surface area contributed by atoms with E-state index in [4.69, 9.17) is 0 Å². The molecule has 0 fully saturated rings. The lowest BCUT2D eigenvalue weighted by Crippen LogP contribution is -2.37. The summed E-state index contributed by atoms with van der Waals surface area (Å²) in [7, 11) is -3.59. The number of carbonyl (C=O) groups excluding carboxylic acids is 1. The van der Waals surface area contributed by atoms with Crippen LogP contribution in [-0.4, -0.2) is 40.2 Å². The lowest BCUT2D eigenvalue weighted by Gasteiger charge is -2.24. The summed E-state index contributed by atoms with van der Waals surface area (Å²) in [6, 6.07) is 16.1. The molecule has 0 spiro atoms. The second-order valence-electron chi connectivity index (χ2n) is 5.87. The number of rotatable bonds is 8. The van der Waals surface area contributed by atoms with Crippen molar-refractivity contribution < 1.29 is 13.2 Å². The first kappa shape index (κ1) is 19.8. The van der Waals surface area contributed by atoms with E-state index in [0.717, 1.165) is 29.3 Å². The van der Waals surface area contributed by atoms with E-state index >= 15 is 0 Å². The van der Waals surface area contributed by atoms with Crippen molar-refractivity contribution in [3.63, 3.8) is 0 Å². The number of hydrogen-bond donors (Lipinski definition) is 1. The van der Waals surface area contributed by atoms with Crippen LogP contribution in [0.4, 0.5) is 17.1 Å². The van der Waals surface area contributed by atoms with Crippen molar-refractivity contribution in [2.24, 2.45) is 0 Å². The normalized spacial score (nSPS) is 11.0. The van der Waals surface area contributed by atoms with Gasteiger partial charge in [-0.15, -0.1) is 0 Å². The van der Waals surface area contributed by atoms with Crippen molar-refractivity contribution >= 4 is 33.0 Å². The van der Waals surface area contributed by atoms with E-state index < -0.39 is 15.9 Å². The predicted molar refractivity (Wildman–Crippen MR) is 107 cm³/mol. The van der Waals surface area contributed by atoms with Gasteiger partial charge in [0.25, 0.3) is 0 Å². The number of hydrogen-bond acceptors (Lipinski definition) is 4. The van der Waals surface area contributed by atoms with E-state index in [9.17, 15) is 13.2 Å². The quantitative estimate of drug-likeness (QED) is 0.770. The van der Waals surface area contributed by atoms with Gasteiger partial charge in [-0.05, 0) is 50.2 Å². The Labute approximate surface area is 155 Å². The van der Waals surface area contributed by atoms with Crippen LogP contribution in [0.3, 0.4) is 0 Å². The highest BCUT2D eigenvalue weighted by Gasteiger charge is 2.21. The number of sulfonamides is 1. The Morgan fingerprint density at radius 3 is 1.96 bits per heavy atom. The SMILES string of the molecule is CCN(CC)c1ccc(N(CC(=O)Nc2ccccc2)S(C)(=O)=O)cc1. The zero-order valence-electron chi connectivity index (χ0n) is 15.3. The smallest absolute Gasteiger partial charge is 0.245 e. The Balaban J connectivity index is 2.18. The third kappa shape index (κ3) is 5.23. The van der Waals surface area contributed by atoms with Gasteiger partial charge in [0, 0.05) is 24.5 Å². The topological polar surface area (TPSA) is 69.7 Å². The Kier molecular flexibility index (Phi) is 6.63. The maximum Gasteiger partial charge on any atom is 0.245 e. The molecule has 0 aromatic heterocycles. The monoisotopic (exact) mass is 375 g/mol. The van der Waals surface area contributed by atoms with E-state index in [0.29, 0.717) is 11.4 Å². The molecule has 26 heavy (non-hydrogen) atoms. The van der Waals surface area contributed by atoms with E-state index in [1.807, 2.05) is 18.2 Å². The summed E-state index contributed by atoms with van der Waals surface area (Å²) in [5, 5.41) is 2.71. The van der Waals surface area contributed by atoms with Crippen LogP contribution in [-0.2, 0) is 14.8 Å². The standard InChI is InChI=1S/C19H25N3O3S/c1-4-21(5-2)17-11-13-18(14-12-17)22(26(3,24)25)15-19(23)20-16-9-7-6-8-10-16/h6-14H,4-5,15H2,1-3H3,(H,20,23). The Morgan fingerprint density at radius 2 is 1.46 bits per heavy atom. The van der Waals surface area contributed by atoms with E-state index in [2.05, 4.69) is 24.1 Å². The molecule has 0 aliphatic heterocycles. The van der Waals surface area contributed by atoms with Crippen molar-refractivity contribution in [3.05, 3.63) is 54.6 Å². The van der Waals surface area contributed by atoms with Crippen molar-refractivity contribution in [1.82, 2.24) is 0 Å². The molecule has 0 unspecified atom stereocenters. The number of para-hydroxylation sites is 1. The predicted octanol–water partition coefficient (Wildman–Crippen LogP) is 2.94. The Bertz CT molecular complexity index is 817. The van der Waals surface area contributed by atoms with Gasteiger partial charge < -0.3 is 10.2 Å². The molecule has 0 saturated heterocycles. The molecule has 1 amide bonds. The molecular weight excluding hydrogens is 350 g/mol. The highest BCUT2D eigenvalue weighted by molar-refractivity contribution is 7.92. The number of carbonyl (C=O) groups is 1. The van der Waals surface area contributed by atoms with Crippen molar-refractivity contribution in [1.29, 1.82) is 0 Å². The fourth-order valence-electron chi connectivity index (χ4n) is 2.67. The summed E-state index contributed by atoms with van der Waals surface area (Å²) in [6.45, 7) is 5.58. The molecule has 0 saturated carbocycles. The highest BCUT2D eigenvalue weighted by atomic mass is 32.2. The number of anilines is 3. The maximum absolute atomic E-state index is 12.3. The molecule has 1 N–H and O–H groups in total. The fourth-order valence-corrected chi connectivity index (χ4v) is 3.53. The van der Waals surface area contributed by atoms with Gasteiger partial charge >= 0.3 is 0 Å². The zero-order valence-corrected chi connectivity index (χ0v) is 16.2. The number of nitrogens with one attached hydrogen (secondary N) is 1. The Hall–Kier alpha value is -2.54. The first-order valence-corrected chi connectivity index (χ1v) is 10.4. The summed E-state index contributed by atoms with van der Waals surface area (Å²) < 4.78 is 25.5. The minimum atomic E-state index is -3.59. The van der Waals surface area contributed by atoms with Gasteiger partial charge in [0.15, 0.2) is 0 Å². The first-order chi connectivity index (χ1) is 12.3. The van der Waals surface area contributed by atoms with E-state index in [1.54, 1.807) is 36.4 Å². The van der Waals surface area contributed by atoms with Crippen LogP contribution >= 0.6 is 0 Å². The lowest BCUT2D eigenvalue weighted by molar-refractivity contribution is -0.114. The van der Waals surface area contributed by atoms with Crippen LogP contribution in [0, 0.1) is 0 Å². The van der Waals surface area contributed by atoms with Gasteiger partial charge in [-0.3, -0.25) is 9.10 Å². The molecule has 6 nitrogen and oxygen atoms in total. The zero-order chi connectivity index (χ0) is 19.2. The van der Waals surface area contributed by atoms with E-state index in [-0.39, 0.29) is 6.54 Å². The van der Waals surface area contributed by atoms with Gasteiger partial charge in [-0.2, -0.15) is 0 Å². The average Bonchev–Trinajstić information content (AvgIpc) is 2.61. The van der Waals surface area contributed by atoms with Crippen molar-refractivity contribution in [2.75, 3.05) is 40.4 Å².